The molecule has 6 nitrogen and oxygen atoms in total. The van der Waals surface area contributed by atoms with Gasteiger partial charge in [-0.05, 0) is 36.4 Å². The van der Waals surface area contributed by atoms with Crippen molar-refractivity contribution in [3.05, 3.63) is 64.8 Å². The first-order chi connectivity index (χ1) is 10.2. The minimum atomic E-state index is -0.485. The predicted molar refractivity (Wildman–Crippen MR) is 82.5 cm³/mol. The maximum absolute atomic E-state index is 11.2. The summed E-state index contributed by atoms with van der Waals surface area (Å²) in [4.78, 5) is 14.9. The van der Waals surface area contributed by atoms with Crippen molar-refractivity contribution in [2.45, 2.75) is 0 Å². The predicted octanol–water partition coefficient (Wildman–Crippen LogP) is 3.47. The summed E-state index contributed by atoms with van der Waals surface area (Å²) in [5, 5.41) is 15.1. The Bertz CT molecular complexity index is 828. The highest BCUT2D eigenvalue weighted by atomic mass is 16.6. The first-order valence-corrected chi connectivity index (χ1v) is 6.30. The van der Waals surface area contributed by atoms with E-state index in [4.69, 9.17) is 5.73 Å². The zero-order valence-electron chi connectivity index (χ0n) is 11.0. The van der Waals surface area contributed by atoms with Crippen LogP contribution in [0.4, 0.5) is 22.7 Å². The largest absolute Gasteiger partial charge is 0.393 e. The number of benzene rings is 2. The minimum Gasteiger partial charge on any atom is -0.393 e. The topological polar surface area (TPSA) is 94.1 Å². The van der Waals surface area contributed by atoms with E-state index in [0.29, 0.717) is 5.69 Å². The van der Waals surface area contributed by atoms with Crippen LogP contribution in [0, 0.1) is 10.1 Å². The summed E-state index contributed by atoms with van der Waals surface area (Å²) < 4.78 is 0. The molecule has 0 saturated carbocycles. The van der Waals surface area contributed by atoms with Crippen LogP contribution in [0.1, 0.15) is 0 Å². The zero-order valence-corrected chi connectivity index (χ0v) is 11.0. The number of nitrogens with two attached hydrogens (primary N) is 1. The lowest BCUT2D eigenvalue weighted by molar-refractivity contribution is -0.383. The van der Waals surface area contributed by atoms with E-state index in [0.717, 1.165) is 16.6 Å². The normalized spacial score (nSPS) is 10.5. The average molecular weight is 280 g/mol. The summed E-state index contributed by atoms with van der Waals surface area (Å²) in [6, 6.07) is 14.1. The Morgan fingerprint density at radius 2 is 1.81 bits per heavy atom. The highest BCUT2D eigenvalue weighted by molar-refractivity contribution is 5.94. The number of hydrogen-bond donors (Lipinski definition) is 2. The number of hydrogen-bond acceptors (Lipinski definition) is 5. The third kappa shape index (κ3) is 2.34. The monoisotopic (exact) mass is 280 g/mol. The van der Waals surface area contributed by atoms with Crippen LogP contribution < -0.4 is 11.1 Å². The number of fused-ring (bicyclic) bond motifs is 1. The summed E-state index contributed by atoms with van der Waals surface area (Å²) in [6.45, 7) is 0. The van der Waals surface area contributed by atoms with E-state index in [9.17, 15) is 10.1 Å². The van der Waals surface area contributed by atoms with Crippen molar-refractivity contribution in [1.29, 1.82) is 0 Å². The minimum absolute atomic E-state index is 0.126. The number of para-hydroxylation sites is 1. The lowest BCUT2D eigenvalue weighted by Crippen LogP contribution is -2.01. The van der Waals surface area contributed by atoms with E-state index in [1.807, 2.05) is 30.3 Å². The van der Waals surface area contributed by atoms with Crippen molar-refractivity contribution >= 4 is 33.7 Å². The molecule has 0 aliphatic heterocycles. The second-order valence-electron chi connectivity index (χ2n) is 4.50. The van der Waals surface area contributed by atoms with Crippen molar-refractivity contribution in [1.82, 2.24) is 4.98 Å². The molecule has 1 aromatic heterocycles. The number of pyridine rings is 1. The van der Waals surface area contributed by atoms with E-state index < -0.39 is 4.92 Å². The van der Waals surface area contributed by atoms with E-state index in [-0.39, 0.29) is 11.4 Å². The molecule has 2 aromatic carbocycles. The van der Waals surface area contributed by atoms with Gasteiger partial charge in [0, 0.05) is 17.3 Å². The molecule has 1 heterocycles. The summed E-state index contributed by atoms with van der Waals surface area (Å²) in [7, 11) is 0. The number of anilines is 3. The first kappa shape index (κ1) is 12.9. The number of nitro groups is 1. The molecule has 0 bridgehead atoms. The number of nitrogen functional groups attached to an aromatic ring is 1. The number of nitrogens with zero attached hydrogens (tertiary/aromatic N) is 2. The Hall–Kier alpha value is -3.15. The van der Waals surface area contributed by atoms with Gasteiger partial charge in [-0.3, -0.25) is 15.1 Å². The van der Waals surface area contributed by atoms with Gasteiger partial charge < -0.3 is 11.1 Å². The van der Waals surface area contributed by atoms with Gasteiger partial charge in [-0.25, -0.2) is 0 Å². The highest BCUT2D eigenvalue weighted by Gasteiger charge is 2.18. The lowest BCUT2D eigenvalue weighted by atomic mass is 10.1. The zero-order chi connectivity index (χ0) is 14.8. The van der Waals surface area contributed by atoms with Crippen LogP contribution in [0.25, 0.3) is 10.9 Å². The van der Waals surface area contributed by atoms with Gasteiger partial charge in [-0.2, -0.15) is 0 Å². The van der Waals surface area contributed by atoms with Crippen LogP contribution in [0.3, 0.4) is 0 Å². The Balaban J connectivity index is 2.12. The Morgan fingerprint density at radius 3 is 2.62 bits per heavy atom. The molecular weight excluding hydrogens is 268 g/mol. The standard InChI is InChI=1S/C15H12N4O2/c16-11-5-1-8-14(15(11)19(20)21)18-13-7-2-6-12-10(13)4-3-9-17-12/h1-9,18H,16H2. The molecule has 0 aliphatic rings. The lowest BCUT2D eigenvalue weighted by Gasteiger charge is -2.10. The molecule has 0 spiro atoms. The van der Waals surface area contributed by atoms with Crippen molar-refractivity contribution in [2.24, 2.45) is 0 Å². The molecule has 104 valence electrons. The number of rotatable bonds is 3. The van der Waals surface area contributed by atoms with Crippen molar-refractivity contribution in [3.63, 3.8) is 0 Å². The molecule has 0 radical (unpaired) electrons. The first-order valence-electron chi connectivity index (χ1n) is 6.30. The molecule has 0 unspecified atom stereocenters. The van der Waals surface area contributed by atoms with Gasteiger partial charge in [0.25, 0.3) is 0 Å². The smallest absolute Gasteiger partial charge is 0.315 e. The fraction of sp³-hybridized carbons (Fsp3) is 0. The third-order valence-corrected chi connectivity index (χ3v) is 3.16. The molecule has 0 amide bonds. The van der Waals surface area contributed by atoms with Crippen LogP contribution in [0.5, 0.6) is 0 Å². The van der Waals surface area contributed by atoms with Gasteiger partial charge >= 0.3 is 5.69 Å². The van der Waals surface area contributed by atoms with Crippen LogP contribution in [0.2, 0.25) is 0 Å². The maximum Gasteiger partial charge on any atom is 0.315 e. The molecule has 0 atom stereocenters. The summed E-state index contributed by atoms with van der Waals surface area (Å²) in [5.41, 5.74) is 7.61. The fourth-order valence-corrected chi connectivity index (χ4v) is 2.22. The van der Waals surface area contributed by atoms with E-state index >= 15 is 0 Å². The number of nitrogens with one attached hydrogen (secondary N) is 1. The maximum atomic E-state index is 11.2. The number of aromatic nitrogens is 1. The van der Waals surface area contributed by atoms with Gasteiger partial charge in [0.2, 0.25) is 0 Å². The quantitative estimate of drug-likeness (QED) is 0.435. The van der Waals surface area contributed by atoms with Crippen molar-refractivity contribution < 1.29 is 4.92 Å². The Labute approximate surface area is 120 Å². The number of nitro benzene ring substituents is 1. The molecule has 3 rings (SSSR count). The van der Waals surface area contributed by atoms with Crippen LogP contribution in [-0.4, -0.2) is 9.91 Å². The fourth-order valence-electron chi connectivity index (χ4n) is 2.22. The second-order valence-corrected chi connectivity index (χ2v) is 4.50. The molecule has 6 heteroatoms. The third-order valence-electron chi connectivity index (χ3n) is 3.16. The molecule has 0 aliphatic carbocycles. The molecule has 0 fully saturated rings. The second kappa shape index (κ2) is 5.09. The van der Waals surface area contributed by atoms with Crippen molar-refractivity contribution in [3.8, 4) is 0 Å². The van der Waals surface area contributed by atoms with Crippen molar-refractivity contribution in [2.75, 3.05) is 11.1 Å². The molecular formula is C15H12N4O2. The molecule has 0 saturated heterocycles. The Morgan fingerprint density at radius 1 is 1.05 bits per heavy atom. The van der Waals surface area contributed by atoms with Gasteiger partial charge in [0.1, 0.15) is 11.4 Å². The van der Waals surface area contributed by atoms with E-state index in [1.54, 1.807) is 18.3 Å². The summed E-state index contributed by atoms with van der Waals surface area (Å²) in [5.74, 6) is 0. The van der Waals surface area contributed by atoms with Crippen LogP contribution >= 0.6 is 0 Å². The van der Waals surface area contributed by atoms with Gasteiger partial charge in [-0.1, -0.05) is 12.1 Å². The average Bonchev–Trinajstić information content (AvgIpc) is 2.47. The summed E-state index contributed by atoms with van der Waals surface area (Å²) >= 11 is 0. The van der Waals surface area contributed by atoms with Gasteiger partial charge in [0.15, 0.2) is 0 Å². The molecule has 21 heavy (non-hydrogen) atoms. The van der Waals surface area contributed by atoms with Gasteiger partial charge in [0.05, 0.1) is 10.4 Å². The SMILES string of the molecule is Nc1cccc(Nc2cccc3ncccc23)c1[N+](=O)[O-]. The summed E-state index contributed by atoms with van der Waals surface area (Å²) in [6.07, 6.45) is 1.70. The van der Waals surface area contributed by atoms with E-state index in [1.165, 1.54) is 6.07 Å². The molecule has 3 N–H and O–H groups in total. The van der Waals surface area contributed by atoms with Gasteiger partial charge in [-0.15, -0.1) is 0 Å². The van der Waals surface area contributed by atoms with Crippen LogP contribution in [-0.2, 0) is 0 Å². The Kier molecular flexibility index (Phi) is 3.12. The van der Waals surface area contributed by atoms with Crippen LogP contribution in [0.15, 0.2) is 54.7 Å². The highest BCUT2D eigenvalue weighted by Crippen LogP contribution is 2.34. The molecule has 3 aromatic rings. The van der Waals surface area contributed by atoms with E-state index in [2.05, 4.69) is 10.3 Å².